The zero-order valence-electron chi connectivity index (χ0n) is 17.1. The molecule has 0 saturated heterocycles. The summed E-state index contributed by atoms with van der Waals surface area (Å²) in [5.41, 5.74) is 0.574. The minimum Gasteiger partial charge on any atom is -0.368 e. The highest BCUT2D eigenvalue weighted by Gasteiger charge is 2.42. The molecule has 0 aliphatic heterocycles. The molecule has 2 N–H and O–H groups in total. The Bertz CT molecular complexity index is 818. The van der Waals surface area contributed by atoms with Crippen LogP contribution in [0.1, 0.15) is 58.3 Å². The SMILES string of the molecule is CC(NS(=O)(=O)c1ccc(NC(=O)COC2CCCC2)cc1)C1CC2CCC1C2. The topological polar surface area (TPSA) is 84.5 Å². The normalized spacial score (nSPS) is 28.0. The second-order valence-corrected chi connectivity index (χ2v) is 10.8. The fraction of sp³-hybridized carbons (Fsp3) is 0.682. The number of amides is 1. The Kier molecular flexibility index (Phi) is 6.27. The summed E-state index contributed by atoms with van der Waals surface area (Å²) < 4.78 is 34.0. The van der Waals surface area contributed by atoms with E-state index in [1.54, 1.807) is 24.3 Å². The van der Waals surface area contributed by atoms with Crippen LogP contribution in [-0.2, 0) is 19.6 Å². The highest BCUT2D eigenvalue weighted by atomic mass is 32.2. The van der Waals surface area contributed by atoms with Crippen molar-refractivity contribution in [3.8, 4) is 0 Å². The summed E-state index contributed by atoms with van der Waals surface area (Å²) in [6.45, 7) is 2.02. The van der Waals surface area contributed by atoms with Crippen molar-refractivity contribution in [2.75, 3.05) is 11.9 Å². The molecule has 160 valence electrons. The van der Waals surface area contributed by atoms with Crippen molar-refractivity contribution in [2.24, 2.45) is 17.8 Å². The van der Waals surface area contributed by atoms with Gasteiger partial charge in [0.05, 0.1) is 11.0 Å². The van der Waals surface area contributed by atoms with Gasteiger partial charge < -0.3 is 10.1 Å². The van der Waals surface area contributed by atoms with Crippen LogP contribution < -0.4 is 10.0 Å². The Morgan fingerprint density at radius 1 is 1.10 bits per heavy atom. The first-order valence-electron chi connectivity index (χ1n) is 10.9. The summed E-state index contributed by atoms with van der Waals surface area (Å²) in [5, 5.41) is 2.77. The molecule has 6 nitrogen and oxygen atoms in total. The van der Waals surface area contributed by atoms with Crippen molar-refractivity contribution in [3.63, 3.8) is 0 Å². The second kappa shape index (κ2) is 8.74. The predicted molar refractivity (Wildman–Crippen MR) is 112 cm³/mol. The van der Waals surface area contributed by atoms with Crippen molar-refractivity contribution < 1.29 is 17.9 Å². The Morgan fingerprint density at radius 3 is 2.45 bits per heavy atom. The van der Waals surface area contributed by atoms with Gasteiger partial charge in [0.2, 0.25) is 15.9 Å². The number of carbonyl (C=O) groups excluding carboxylic acids is 1. The Hall–Kier alpha value is -1.44. The standard InChI is InChI=1S/C22H32N2O4S/c1-15(21-13-16-6-7-17(21)12-16)24-29(26,27)20-10-8-18(9-11-20)23-22(25)14-28-19-4-2-3-5-19/h8-11,15-17,19,21,24H,2-7,12-14H2,1H3,(H,23,25). The van der Waals surface area contributed by atoms with E-state index in [1.165, 1.54) is 19.3 Å². The van der Waals surface area contributed by atoms with Crippen LogP contribution >= 0.6 is 0 Å². The maximum atomic E-state index is 12.8. The fourth-order valence-corrected chi connectivity index (χ4v) is 6.76. The van der Waals surface area contributed by atoms with Crippen LogP contribution in [0.4, 0.5) is 5.69 Å². The van der Waals surface area contributed by atoms with Crippen molar-refractivity contribution in [2.45, 2.75) is 75.3 Å². The number of carbonyl (C=O) groups is 1. The molecule has 4 unspecified atom stereocenters. The van der Waals surface area contributed by atoms with Crippen LogP contribution in [0.15, 0.2) is 29.2 Å². The van der Waals surface area contributed by atoms with Gasteiger partial charge in [-0.05, 0) is 81.0 Å². The number of rotatable bonds is 8. The number of fused-ring (bicyclic) bond motifs is 2. The molecule has 3 saturated carbocycles. The van der Waals surface area contributed by atoms with Gasteiger partial charge in [0.15, 0.2) is 0 Å². The number of hydrogen-bond donors (Lipinski definition) is 2. The largest absolute Gasteiger partial charge is 0.368 e. The Balaban J connectivity index is 1.29. The second-order valence-electron chi connectivity index (χ2n) is 9.04. The maximum Gasteiger partial charge on any atom is 0.250 e. The van der Waals surface area contributed by atoms with Crippen molar-refractivity contribution in [1.29, 1.82) is 0 Å². The minimum absolute atomic E-state index is 0.0351. The van der Waals surface area contributed by atoms with Gasteiger partial charge in [0.25, 0.3) is 0 Å². The van der Waals surface area contributed by atoms with Gasteiger partial charge in [-0.2, -0.15) is 0 Å². The van der Waals surface area contributed by atoms with Crippen molar-refractivity contribution in [3.05, 3.63) is 24.3 Å². The molecule has 1 amide bonds. The van der Waals surface area contributed by atoms with E-state index in [-0.39, 0.29) is 29.6 Å². The first kappa shape index (κ1) is 20.8. The third-order valence-electron chi connectivity index (χ3n) is 6.98. The lowest BCUT2D eigenvalue weighted by molar-refractivity contribution is -0.122. The van der Waals surface area contributed by atoms with E-state index < -0.39 is 10.0 Å². The van der Waals surface area contributed by atoms with Crippen LogP contribution in [-0.4, -0.2) is 33.1 Å². The molecular weight excluding hydrogens is 388 g/mol. The molecule has 7 heteroatoms. The molecular formula is C22H32N2O4S. The van der Waals surface area contributed by atoms with Gasteiger partial charge in [-0.15, -0.1) is 0 Å². The zero-order valence-corrected chi connectivity index (χ0v) is 17.9. The minimum atomic E-state index is -3.57. The quantitative estimate of drug-likeness (QED) is 0.672. The molecule has 0 aromatic heterocycles. The van der Waals surface area contributed by atoms with Crippen LogP contribution in [0, 0.1) is 17.8 Å². The van der Waals surface area contributed by atoms with Gasteiger partial charge in [-0.25, -0.2) is 13.1 Å². The molecule has 0 radical (unpaired) electrons. The smallest absolute Gasteiger partial charge is 0.250 e. The number of hydrogen-bond acceptors (Lipinski definition) is 4. The number of sulfonamides is 1. The van der Waals surface area contributed by atoms with E-state index in [9.17, 15) is 13.2 Å². The lowest BCUT2D eigenvalue weighted by Gasteiger charge is -2.28. The molecule has 29 heavy (non-hydrogen) atoms. The molecule has 3 fully saturated rings. The van der Waals surface area contributed by atoms with E-state index in [0.29, 0.717) is 17.5 Å². The van der Waals surface area contributed by atoms with Gasteiger partial charge in [-0.1, -0.05) is 19.3 Å². The summed E-state index contributed by atoms with van der Waals surface area (Å²) in [6, 6.07) is 6.29. The Morgan fingerprint density at radius 2 is 1.83 bits per heavy atom. The van der Waals surface area contributed by atoms with Crippen LogP contribution in [0.25, 0.3) is 0 Å². The lowest BCUT2D eigenvalue weighted by atomic mass is 9.84. The predicted octanol–water partition coefficient (Wildman–Crippen LogP) is 3.69. The van der Waals surface area contributed by atoms with E-state index >= 15 is 0 Å². The summed E-state index contributed by atoms with van der Waals surface area (Å²) >= 11 is 0. The Labute approximate surface area is 173 Å². The first-order chi connectivity index (χ1) is 13.9. The first-order valence-corrected chi connectivity index (χ1v) is 12.4. The third kappa shape index (κ3) is 5.01. The molecule has 3 aliphatic carbocycles. The zero-order chi connectivity index (χ0) is 20.4. The maximum absolute atomic E-state index is 12.8. The molecule has 1 aromatic rings. The molecule has 0 heterocycles. The van der Waals surface area contributed by atoms with Crippen LogP contribution in [0.5, 0.6) is 0 Å². The van der Waals surface area contributed by atoms with E-state index in [1.807, 2.05) is 6.92 Å². The van der Waals surface area contributed by atoms with E-state index in [0.717, 1.165) is 38.0 Å². The average Bonchev–Trinajstić information content (AvgIpc) is 3.44. The number of anilines is 1. The van der Waals surface area contributed by atoms with Crippen molar-refractivity contribution >= 4 is 21.6 Å². The van der Waals surface area contributed by atoms with Gasteiger partial charge >= 0.3 is 0 Å². The van der Waals surface area contributed by atoms with Gasteiger partial charge in [0.1, 0.15) is 6.61 Å². The van der Waals surface area contributed by atoms with E-state index in [2.05, 4.69) is 10.0 Å². The monoisotopic (exact) mass is 420 g/mol. The lowest BCUT2D eigenvalue weighted by Crippen LogP contribution is -2.40. The van der Waals surface area contributed by atoms with Crippen LogP contribution in [0.3, 0.4) is 0 Å². The van der Waals surface area contributed by atoms with Crippen molar-refractivity contribution in [1.82, 2.24) is 4.72 Å². The highest BCUT2D eigenvalue weighted by Crippen LogP contribution is 2.49. The summed E-state index contributed by atoms with van der Waals surface area (Å²) in [4.78, 5) is 12.3. The fourth-order valence-electron chi connectivity index (χ4n) is 5.47. The number of benzene rings is 1. The van der Waals surface area contributed by atoms with E-state index in [4.69, 9.17) is 4.74 Å². The molecule has 3 aliphatic rings. The van der Waals surface area contributed by atoms with Crippen LogP contribution in [0.2, 0.25) is 0 Å². The number of ether oxygens (including phenoxy) is 1. The molecule has 0 spiro atoms. The molecule has 1 aromatic carbocycles. The molecule has 2 bridgehead atoms. The van der Waals surface area contributed by atoms with Gasteiger partial charge in [0, 0.05) is 11.7 Å². The third-order valence-corrected chi connectivity index (χ3v) is 8.55. The molecule has 4 rings (SSSR count). The number of nitrogens with one attached hydrogen (secondary N) is 2. The highest BCUT2D eigenvalue weighted by molar-refractivity contribution is 7.89. The molecule has 4 atom stereocenters. The summed E-state index contributed by atoms with van der Waals surface area (Å²) in [6.07, 6.45) is 9.50. The summed E-state index contributed by atoms with van der Waals surface area (Å²) in [5.74, 6) is 1.69. The summed E-state index contributed by atoms with van der Waals surface area (Å²) in [7, 11) is -3.57. The average molecular weight is 421 g/mol. The van der Waals surface area contributed by atoms with Gasteiger partial charge in [-0.3, -0.25) is 4.79 Å².